The van der Waals surface area contributed by atoms with Crippen LogP contribution in [-0.2, 0) is 10.9 Å². The predicted molar refractivity (Wildman–Crippen MR) is 83.8 cm³/mol. The van der Waals surface area contributed by atoms with Crippen molar-refractivity contribution in [3.8, 4) is 0 Å². The largest absolute Gasteiger partial charge is 0.450 e. The van der Waals surface area contributed by atoms with E-state index in [1.807, 2.05) is 6.92 Å². The van der Waals surface area contributed by atoms with Gasteiger partial charge in [-0.3, -0.25) is 5.32 Å². The molecule has 0 fully saturated rings. The number of alkyl halides is 3. The number of carbonyl (C=O) groups excluding carboxylic acids is 1. The van der Waals surface area contributed by atoms with E-state index in [0.717, 1.165) is 23.5 Å². The van der Waals surface area contributed by atoms with E-state index in [2.05, 4.69) is 5.32 Å². The summed E-state index contributed by atoms with van der Waals surface area (Å²) in [7, 11) is 0. The first-order valence-corrected chi connectivity index (χ1v) is 7.99. The van der Waals surface area contributed by atoms with Gasteiger partial charge in [-0.05, 0) is 31.5 Å². The topological polar surface area (TPSA) is 41.6 Å². The van der Waals surface area contributed by atoms with Gasteiger partial charge in [0.2, 0.25) is 0 Å². The van der Waals surface area contributed by atoms with Crippen LogP contribution in [0.1, 0.15) is 25.8 Å². The fourth-order valence-corrected chi connectivity index (χ4v) is 3.13. The Morgan fingerprint density at radius 2 is 2.13 bits per heavy atom. The summed E-state index contributed by atoms with van der Waals surface area (Å²) in [6.45, 7) is 3.85. The van der Waals surface area contributed by atoms with Gasteiger partial charge in [0, 0.05) is 16.8 Å². The van der Waals surface area contributed by atoms with Crippen LogP contribution < -0.4 is 10.2 Å². The van der Waals surface area contributed by atoms with Crippen molar-refractivity contribution >= 4 is 23.5 Å². The molecule has 1 aromatic carbocycles. The van der Waals surface area contributed by atoms with Gasteiger partial charge in [0.25, 0.3) is 0 Å². The number of hydrogen-bond acceptors (Lipinski definition) is 4. The lowest BCUT2D eigenvalue weighted by atomic mass is 10.2. The van der Waals surface area contributed by atoms with Crippen molar-refractivity contribution in [2.75, 3.05) is 11.5 Å². The molecule has 0 radical (unpaired) electrons. The van der Waals surface area contributed by atoms with Crippen LogP contribution in [0, 0.1) is 0 Å². The van der Waals surface area contributed by atoms with Crippen LogP contribution in [0.5, 0.6) is 0 Å². The number of allylic oxidation sites excluding steroid dienone is 1. The summed E-state index contributed by atoms with van der Waals surface area (Å²) in [4.78, 5) is 14.2. The summed E-state index contributed by atoms with van der Waals surface area (Å²) in [5.74, 6) is 0. The van der Waals surface area contributed by atoms with E-state index in [4.69, 9.17) is 4.74 Å². The molecule has 1 amide bonds. The molecule has 2 rings (SSSR count). The molecule has 1 aliphatic rings. The summed E-state index contributed by atoms with van der Waals surface area (Å²) in [6.07, 6.45) is -2.55. The first-order valence-electron chi connectivity index (χ1n) is 7.11. The normalized spacial score (nSPS) is 17.9. The van der Waals surface area contributed by atoms with Gasteiger partial charge in [-0.15, -0.1) is 0 Å². The van der Waals surface area contributed by atoms with Crippen LogP contribution in [0.4, 0.5) is 23.7 Å². The van der Waals surface area contributed by atoms with Gasteiger partial charge in [-0.1, -0.05) is 24.8 Å². The third kappa shape index (κ3) is 4.34. The van der Waals surface area contributed by atoms with Crippen molar-refractivity contribution in [1.29, 1.82) is 0 Å². The maximum atomic E-state index is 12.9. The minimum Gasteiger partial charge on any atom is -0.450 e. The van der Waals surface area contributed by atoms with E-state index in [1.54, 1.807) is 24.1 Å². The Balaban J connectivity index is 2.26. The minimum atomic E-state index is -4.41. The molecule has 0 spiro atoms. The molecular formula is C15H17F3N2O2S. The molecule has 1 heterocycles. The second kappa shape index (κ2) is 7.16. The number of ether oxygens (including phenoxy) is 1. The van der Waals surface area contributed by atoms with Gasteiger partial charge >= 0.3 is 12.3 Å². The average Bonchev–Trinajstić information content (AvgIpc) is 2.89. The number of benzene rings is 1. The second-order valence-electron chi connectivity index (χ2n) is 4.74. The number of rotatable bonds is 4. The quantitative estimate of drug-likeness (QED) is 0.869. The number of alkyl carbamates (subject to hydrolysis) is 1. The van der Waals surface area contributed by atoms with Gasteiger partial charge in [0.05, 0.1) is 12.2 Å². The Bertz CT molecular complexity index is 605. The summed E-state index contributed by atoms with van der Waals surface area (Å²) in [5.41, 5.74) is -0.904. The van der Waals surface area contributed by atoms with Crippen LogP contribution >= 0.6 is 11.8 Å². The number of carbonyl (C=O) groups is 1. The Morgan fingerprint density at radius 1 is 1.39 bits per heavy atom. The van der Waals surface area contributed by atoms with Gasteiger partial charge in [-0.25, -0.2) is 4.79 Å². The van der Waals surface area contributed by atoms with Gasteiger partial charge in [0.1, 0.15) is 0 Å². The first kappa shape index (κ1) is 17.5. The molecular weight excluding hydrogens is 329 g/mol. The predicted octanol–water partition coefficient (Wildman–Crippen LogP) is 4.54. The first-order chi connectivity index (χ1) is 10.8. The highest BCUT2D eigenvalue weighted by Crippen LogP contribution is 2.38. The molecule has 4 nitrogen and oxygen atoms in total. The summed E-state index contributed by atoms with van der Waals surface area (Å²) in [6, 6.07) is 5.01. The Morgan fingerprint density at radius 3 is 2.74 bits per heavy atom. The van der Waals surface area contributed by atoms with E-state index < -0.39 is 23.3 Å². The van der Waals surface area contributed by atoms with Gasteiger partial charge < -0.3 is 9.64 Å². The second-order valence-corrected chi connectivity index (χ2v) is 5.95. The number of hydrogen-bond donors (Lipinski definition) is 1. The SMILES string of the molecule is CCOC(=O)NC1SC(CC)=CN1c1cccc(C(F)(F)F)c1. The fourth-order valence-electron chi connectivity index (χ4n) is 2.05. The zero-order valence-electron chi connectivity index (χ0n) is 12.7. The summed E-state index contributed by atoms with van der Waals surface area (Å²) < 4.78 is 43.5. The van der Waals surface area contributed by atoms with Crippen molar-refractivity contribution in [1.82, 2.24) is 5.32 Å². The van der Waals surface area contributed by atoms with Gasteiger partial charge in [0.15, 0.2) is 5.50 Å². The fraction of sp³-hybridized carbons (Fsp3) is 0.400. The van der Waals surface area contributed by atoms with Crippen LogP contribution in [0.3, 0.4) is 0 Å². The molecule has 1 unspecified atom stereocenters. The highest BCUT2D eigenvalue weighted by molar-refractivity contribution is 8.04. The highest BCUT2D eigenvalue weighted by atomic mass is 32.2. The monoisotopic (exact) mass is 346 g/mol. The molecule has 1 atom stereocenters. The van der Waals surface area contributed by atoms with Crippen LogP contribution in [0.15, 0.2) is 35.4 Å². The van der Waals surface area contributed by atoms with Crippen molar-refractivity contribution in [3.63, 3.8) is 0 Å². The Labute approximate surface area is 136 Å². The molecule has 0 saturated carbocycles. The van der Waals surface area contributed by atoms with E-state index in [9.17, 15) is 18.0 Å². The molecule has 1 aliphatic heterocycles. The molecule has 1 aromatic rings. The van der Waals surface area contributed by atoms with Gasteiger partial charge in [-0.2, -0.15) is 13.2 Å². The molecule has 0 saturated heterocycles. The van der Waals surface area contributed by atoms with Crippen molar-refractivity contribution in [3.05, 3.63) is 40.9 Å². The number of anilines is 1. The standard InChI is InChI=1S/C15H17F3N2O2S/c1-3-12-9-20(13(23-12)19-14(21)22-4-2)11-7-5-6-10(8-11)15(16,17)18/h5-9,13H,3-4H2,1-2H3,(H,19,21). The Kier molecular flexibility index (Phi) is 5.46. The van der Waals surface area contributed by atoms with E-state index in [-0.39, 0.29) is 6.61 Å². The number of amides is 1. The summed E-state index contributed by atoms with van der Waals surface area (Å²) >= 11 is 1.37. The lowest BCUT2D eigenvalue weighted by molar-refractivity contribution is -0.137. The number of halogens is 3. The Hall–Kier alpha value is -1.83. The molecule has 0 aromatic heterocycles. The molecule has 0 aliphatic carbocycles. The smallest absolute Gasteiger partial charge is 0.416 e. The number of nitrogens with zero attached hydrogens (tertiary/aromatic N) is 1. The van der Waals surface area contributed by atoms with Crippen LogP contribution in [0.2, 0.25) is 0 Å². The van der Waals surface area contributed by atoms with E-state index in [1.165, 1.54) is 17.8 Å². The van der Waals surface area contributed by atoms with Crippen molar-refractivity contribution in [2.24, 2.45) is 0 Å². The summed E-state index contributed by atoms with van der Waals surface area (Å²) in [5, 5.41) is 2.65. The lowest BCUT2D eigenvalue weighted by Crippen LogP contribution is -2.42. The lowest BCUT2D eigenvalue weighted by Gasteiger charge is -2.25. The minimum absolute atomic E-state index is 0.223. The van der Waals surface area contributed by atoms with Crippen LogP contribution in [0.25, 0.3) is 0 Å². The zero-order chi connectivity index (χ0) is 17.0. The van der Waals surface area contributed by atoms with Crippen LogP contribution in [-0.4, -0.2) is 18.2 Å². The highest BCUT2D eigenvalue weighted by Gasteiger charge is 2.33. The number of thioether (sulfide) groups is 1. The maximum Gasteiger partial charge on any atom is 0.416 e. The molecule has 0 bridgehead atoms. The third-order valence-corrected chi connectivity index (χ3v) is 4.40. The van der Waals surface area contributed by atoms with Crippen molar-refractivity contribution < 1.29 is 22.7 Å². The molecule has 23 heavy (non-hydrogen) atoms. The molecule has 8 heteroatoms. The number of nitrogens with one attached hydrogen (secondary N) is 1. The third-order valence-electron chi connectivity index (χ3n) is 3.14. The van der Waals surface area contributed by atoms with E-state index >= 15 is 0 Å². The zero-order valence-corrected chi connectivity index (χ0v) is 13.5. The van der Waals surface area contributed by atoms with Crippen molar-refractivity contribution in [2.45, 2.75) is 31.9 Å². The van der Waals surface area contributed by atoms with E-state index in [0.29, 0.717) is 5.69 Å². The molecule has 126 valence electrons. The average molecular weight is 346 g/mol. The maximum absolute atomic E-state index is 12.9. The molecule has 1 N–H and O–H groups in total.